The van der Waals surface area contributed by atoms with Gasteiger partial charge in [0.25, 0.3) is 0 Å². The molecule has 0 bridgehead atoms. The van der Waals surface area contributed by atoms with E-state index in [4.69, 9.17) is 10.5 Å². The van der Waals surface area contributed by atoms with Crippen molar-refractivity contribution in [2.75, 3.05) is 18.9 Å². The first-order valence-corrected chi connectivity index (χ1v) is 5.46. The summed E-state index contributed by atoms with van der Waals surface area (Å²) in [7, 11) is 0. The van der Waals surface area contributed by atoms with Gasteiger partial charge in [0.15, 0.2) is 0 Å². The Morgan fingerprint density at radius 3 is 2.80 bits per heavy atom. The monoisotopic (exact) mass is 209 g/mol. The minimum absolute atomic E-state index is 0.0597. The molecule has 1 saturated heterocycles. The molecule has 0 radical (unpaired) electrons. The molecule has 1 atom stereocenters. The van der Waals surface area contributed by atoms with Crippen LogP contribution in [0, 0.1) is 0 Å². The molecule has 0 saturated carbocycles. The lowest BCUT2D eigenvalue weighted by atomic mass is 9.82. The quantitative estimate of drug-likeness (QED) is 0.780. The van der Waals surface area contributed by atoms with E-state index >= 15 is 0 Å². The molecule has 2 heterocycles. The Morgan fingerprint density at radius 1 is 1.53 bits per heavy atom. The normalized spacial score (nSPS) is 26.4. The van der Waals surface area contributed by atoms with Gasteiger partial charge in [-0.2, -0.15) is 5.10 Å². The third-order valence-electron chi connectivity index (χ3n) is 3.23. The summed E-state index contributed by atoms with van der Waals surface area (Å²) in [5.74, 6) is 1.03. The number of nitrogens with two attached hydrogens (primary N) is 1. The fourth-order valence-corrected chi connectivity index (χ4v) is 2.27. The van der Waals surface area contributed by atoms with Crippen molar-refractivity contribution in [1.29, 1.82) is 0 Å². The van der Waals surface area contributed by atoms with Gasteiger partial charge < -0.3 is 10.5 Å². The summed E-state index contributed by atoms with van der Waals surface area (Å²) < 4.78 is 5.47. The number of nitrogen functional groups attached to an aromatic ring is 1. The van der Waals surface area contributed by atoms with Crippen LogP contribution in [0.4, 0.5) is 5.82 Å². The Morgan fingerprint density at radius 2 is 2.27 bits per heavy atom. The van der Waals surface area contributed by atoms with Crippen molar-refractivity contribution in [1.82, 2.24) is 10.2 Å². The molecule has 84 valence electrons. The first-order chi connectivity index (χ1) is 7.04. The van der Waals surface area contributed by atoms with Crippen molar-refractivity contribution in [3.05, 3.63) is 11.3 Å². The number of aromatic nitrogens is 2. The Labute approximate surface area is 90.2 Å². The lowest BCUT2D eigenvalue weighted by Crippen LogP contribution is -2.24. The van der Waals surface area contributed by atoms with E-state index in [-0.39, 0.29) is 5.41 Å². The predicted octanol–water partition coefficient (Wildman–Crippen LogP) is 1.79. The van der Waals surface area contributed by atoms with Crippen LogP contribution < -0.4 is 5.73 Å². The smallest absolute Gasteiger partial charge is 0.148 e. The molecule has 1 aliphatic heterocycles. The van der Waals surface area contributed by atoms with Gasteiger partial charge in [-0.25, -0.2) is 0 Å². The minimum Gasteiger partial charge on any atom is -0.382 e. The second-order valence-electron chi connectivity index (χ2n) is 4.92. The van der Waals surface area contributed by atoms with Gasteiger partial charge in [-0.3, -0.25) is 5.10 Å². The zero-order valence-electron chi connectivity index (χ0n) is 9.63. The Hall–Kier alpha value is -1.03. The van der Waals surface area contributed by atoms with Crippen molar-refractivity contribution in [3.63, 3.8) is 0 Å². The molecule has 2 rings (SSSR count). The van der Waals surface area contributed by atoms with Crippen molar-refractivity contribution in [2.45, 2.75) is 38.5 Å². The molecule has 1 aromatic heterocycles. The van der Waals surface area contributed by atoms with E-state index in [1.165, 1.54) is 0 Å². The van der Waals surface area contributed by atoms with Crippen LogP contribution in [0.2, 0.25) is 0 Å². The standard InChI is InChI=1S/C11H19N3O/c1-7(2)8-9(13-14-10(8)12)11(3)4-5-15-6-11/h7H,4-6H2,1-3H3,(H3,12,13,14). The second kappa shape index (κ2) is 3.52. The van der Waals surface area contributed by atoms with E-state index < -0.39 is 0 Å². The van der Waals surface area contributed by atoms with E-state index in [1.807, 2.05) is 0 Å². The predicted molar refractivity (Wildman–Crippen MR) is 59.9 cm³/mol. The van der Waals surface area contributed by atoms with Crippen LogP contribution in [0.25, 0.3) is 0 Å². The van der Waals surface area contributed by atoms with Crippen LogP contribution in [0.1, 0.15) is 44.4 Å². The van der Waals surface area contributed by atoms with Gasteiger partial charge in [0.05, 0.1) is 6.61 Å². The molecule has 0 aromatic carbocycles. The molecular formula is C11H19N3O. The zero-order valence-corrected chi connectivity index (χ0v) is 9.63. The molecule has 3 N–H and O–H groups in total. The van der Waals surface area contributed by atoms with Crippen LogP contribution in [0.15, 0.2) is 0 Å². The molecule has 1 fully saturated rings. The molecule has 15 heavy (non-hydrogen) atoms. The summed E-state index contributed by atoms with van der Waals surface area (Å²) in [6.07, 6.45) is 1.04. The molecule has 4 nitrogen and oxygen atoms in total. The lowest BCUT2D eigenvalue weighted by Gasteiger charge is -2.22. The number of rotatable bonds is 2. The van der Waals surface area contributed by atoms with Crippen LogP contribution in [-0.4, -0.2) is 23.4 Å². The molecular weight excluding hydrogens is 190 g/mol. The van der Waals surface area contributed by atoms with Gasteiger partial charge in [-0.05, 0) is 12.3 Å². The fourth-order valence-electron chi connectivity index (χ4n) is 2.27. The Balaban J connectivity index is 2.43. The molecule has 0 aliphatic carbocycles. The van der Waals surface area contributed by atoms with Gasteiger partial charge in [-0.1, -0.05) is 20.8 Å². The first-order valence-electron chi connectivity index (χ1n) is 5.46. The highest BCUT2D eigenvalue weighted by molar-refractivity contribution is 5.47. The van der Waals surface area contributed by atoms with E-state index in [1.54, 1.807) is 0 Å². The van der Waals surface area contributed by atoms with E-state index in [2.05, 4.69) is 31.0 Å². The summed E-state index contributed by atoms with van der Waals surface area (Å²) in [4.78, 5) is 0. The van der Waals surface area contributed by atoms with Crippen molar-refractivity contribution >= 4 is 5.82 Å². The van der Waals surface area contributed by atoms with Gasteiger partial charge in [0.2, 0.25) is 0 Å². The number of nitrogens with one attached hydrogen (secondary N) is 1. The van der Waals surface area contributed by atoms with Crippen molar-refractivity contribution in [3.8, 4) is 0 Å². The van der Waals surface area contributed by atoms with E-state index in [0.717, 1.165) is 30.9 Å². The summed E-state index contributed by atoms with van der Waals surface area (Å²) in [5.41, 5.74) is 8.26. The average Bonchev–Trinajstić information content (AvgIpc) is 2.72. The maximum Gasteiger partial charge on any atom is 0.148 e. The van der Waals surface area contributed by atoms with Crippen LogP contribution in [0.3, 0.4) is 0 Å². The molecule has 1 aliphatic rings. The summed E-state index contributed by atoms with van der Waals surface area (Å²) in [6.45, 7) is 8.08. The average molecular weight is 209 g/mol. The maximum atomic E-state index is 5.89. The molecule has 1 unspecified atom stereocenters. The summed E-state index contributed by atoms with van der Waals surface area (Å²) >= 11 is 0. The highest BCUT2D eigenvalue weighted by atomic mass is 16.5. The van der Waals surface area contributed by atoms with Gasteiger partial charge in [0, 0.05) is 23.3 Å². The zero-order chi connectivity index (χ0) is 11.1. The number of aromatic amines is 1. The number of ether oxygens (including phenoxy) is 1. The van der Waals surface area contributed by atoms with Crippen LogP contribution in [-0.2, 0) is 10.2 Å². The van der Waals surface area contributed by atoms with Gasteiger partial charge >= 0.3 is 0 Å². The maximum absolute atomic E-state index is 5.89. The number of hydrogen-bond acceptors (Lipinski definition) is 3. The van der Waals surface area contributed by atoms with Gasteiger partial charge in [-0.15, -0.1) is 0 Å². The third-order valence-corrected chi connectivity index (χ3v) is 3.23. The van der Waals surface area contributed by atoms with Crippen molar-refractivity contribution < 1.29 is 4.74 Å². The number of anilines is 1. The number of hydrogen-bond donors (Lipinski definition) is 2. The second-order valence-corrected chi connectivity index (χ2v) is 4.92. The summed E-state index contributed by atoms with van der Waals surface area (Å²) in [6, 6.07) is 0. The molecule has 4 heteroatoms. The van der Waals surface area contributed by atoms with Crippen LogP contribution >= 0.6 is 0 Å². The van der Waals surface area contributed by atoms with Crippen LogP contribution in [0.5, 0.6) is 0 Å². The highest BCUT2D eigenvalue weighted by Crippen LogP contribution is 2.37. The Bertz CT molecular complexity index is 351. The minimum atomic E-state index is 0.0597. The fraction of sp³-hybridized carbons (Fsp3) is 0.727. The summed E-state index contributed by atoms with van der Waals surface area (Å²) in [5, 5.41) is 7.21. The number of nitrogens with zero attached hydrogens (tertiary/aromatic N) is 1. The highest BCUT2D eigenvalue weighted by Gasteiger charge is 2.36. The topological polar surface area (TPSA) is 63.9 Å². The van der Waals surface area contributed by atoms with Crippen molar-refractivity contribution in [2.24, 2.45) is 0 Å². The molecule has 0 spiro atoms. The largest absolute Gasteiger partial charge is 0.382 e. The molecule has 1 aromatic rings. The van der Waals surface area contributed by atoms with E-state index in [9.17, 15) is 0 Å². The lowest BCUT2D eigenvalue weighted by molar-refractivity contribution is 0.179. The number of H-pyrrole nitrogens is 1. The molecule has 0 amide bonds. The first kappa shape index (κ1) is 10.5. The SMILES string of the molecule is CC(C)c1c(N)n[nH]c1C1(C)CCOC1. The third kappa shape index (κ3) is 1.63. The Kier molecular flexibility index (Phi) is 2.46. The van der Waals surface area contributed by atoms with Gasteiger partial charge in [0.1, 0.15) is 5.82 Å². The van der Waals surface area contributed by atoms with E-state index in [0.29, 0.717) is 11.7 Å².